The van der Waals surface area contributed by atoms with E-state index in [2.05, 4.69) is 15.6 Å². The standard InChI is InChI=1S/C15H24N4O2S/c1-8(2)12(16)14(21)17-6-11(20)19-13(10-4-5-10)15-18-9(3)7-22-15/h7-8,10,12-13H,4-6,16H2,1-3H3,(H,17,21)(H,19,20)/t12-,13?/m0/s1. The van der Waals surface area contributed by atoms with Crippen LogP contribution in [0.25, 0.3) is 0 Å². The van der Waals surface area contributed by atoms with Gasteiger partial charge in [0.05, 0.1) is 18.6 Å². The molecule has 0 spiro atoms. The summed E-state index contributed by atoms with van der Waals surface area (Å²) in [5.41, 5.74) is 6.72. The Morgan fingerprint density at radius 2 is 2.14 bits per heavy atom. The van der Waals surface area contributed by atoms with Gasteiger partial charge in [-0.3, -0.25) is 9.59 Å². The van der Waals surface area contributed by atoms with Gasteiger partial charge in [0.1, 0.15) is 5.01 Å². The zero-order valence-corrected chi connectivity index (χ0v) is 14.1. The van der Waals surface area contributed by atoms with Crippen LogP contribution in [0.3, 0.4) is 0 Å². The highest BCUT2D eigenvalue weighted by Crippen LogP contribution is 2.41. The third-order valence-corrected chi connectivity index (χ3v) is 4.80. The van der Waals surface area contributed by atoms with Crippen LogP contribution in [0.2, 0.25) is 0 Å². The first-order valence-electron chi connectivity index (χ1n) is 7.63. The lowest BCUT2D eigenvalue weighted by molar-refractivity contribution is -0.127. The molecule has 1 aliphatic carbocycles. The van der Waals surface area contributed by atoms with Crippen LogP contribution >= 0.6 is 11.3 Å². The van der Waals surface area contributed by atoms with E-state index in [-0.39, 0.29) is 30.3 Å². The van der Waals surface area contributed by atoms with Gasteiger partial charge in [-0.15, -0.1) is 11.3 Å². The number of carbonyl (C=O) groups is 2. The molecule has 2 atom stereocenters. The van der Waals surface area contributed by atoms with Crippen molar-refractivity contribution in [3.63, 3.8) is 0 Å². The minimum absolute atomic E-state index is 0.0399. The molecule has 2 amide bonds. The van der Waals surface area contributed by atoms with Gasteiger partial charge < -0.3 is 16.4 Å². The van der Waals surface area contributed by atoms with Crippen molar-refractivity contribution in [1.29, 1.82) is 0 Å². The van der Waals surface area contributed by atoms with E-state index in [1.54, 1.807) is 11.3 Å². The van der Waals surface area contributed by atoms with Crippen molar-refractivity contribution >= 4 is 23.2 Å². The average Bonchev–Trinajstić information content (AvgIpc) is 3.22. The minimum atomic E-state index is -0.589. The maximum Gasteiger partial charge on any atom is 0.239 e. The molecule has 1 aromatic rings. The fourth-order valence-electron chi connectivity index (χ4n) is 2.14. The van der Waals surface area contributed by atoms with Crippen LogP contribution in [-0.2, 0) is 9.59 Å². The molecule has 0 bridgehead atoms. The molecule has 0 radical (unpaired) electrons. The Bertz CT molecular complexity index is 539. The van der Waals surface area contributed by atoms with E-state index in [4.69, 9.17) is 5.73 Å². The van der Waals surface area contributed by atoms with E-state index in [9.17, 15) is 9.59 Å². The molecule has 1 aliphatic rings. The van der Waals surface area contributed by atoms with Crippen molar-refractivity contribution in [3.05, 3.63) is 16.1 Å². The van der Waals surface area contributed by atoms with Crippen LogP contribution in [0.15, 0.2) is 5.38 Å². The number of rotatable bonds is 7. The third kappa shape index (κ3) is 4.51. The lowest BCUT2D eigenvalue weighted by Gasteiger charge is -2.18. The van der Waals surface area contributed by atoms with Crippen LogP contribution in [0.4, 0.5) is 0 Å². The van der Waals surface area contributed by atoms with Crippen LogP contribution in [0.5, 0.6) is 0 Å². The number of hydrogen-bond donors (Lipinski definition) is 3. The van der Waals surface area contributed by atoms with Crippen molar-refractivity contribution < 1.29 is 9.59 Å². The van der Waals surface area contributed by atoms with Crippen molar-refractivity contribution in [1.82, 2.24) is 15.6 Å². The summed E-state index contributed by atoms with van der Waals surface area (Å²) in [6, 6.07) is -0.629. The molecule has 0 aromatic carbocycles. The van der Waals surface area contributed by atoms with Crippen LogP contribution in [-0.4, -0.2) is 29.4 Å². The predicted molar refractivity (Wildman–Crippen MR) is 86.3 cm³/mol. The maximum absolute atomic E-state index is 12.1. The van der Waals surface area contributed by atoms with Gasteiger partial charge in [-0.1, -0.05) is 13.8 Å². The van der Waals surface area contributed by atoms with Crippen LogP contribution in [0, 0.1) is 18.8 Å². The van der Waals surface area contributed by atoms with Crippen molar-refractivity contribution in [2.45, 2.75) is 45.7 Å². The first-order chi connectivity index (χ1) is 10.4. The molecule has 1 aromatic heterocycles. The molecule has 122 valence electrons. The molecular formula is C15H24N4O2S. The van der Waals surface area contributed by atoms with Gasteiger partial charge in [0, 0.05) is 11.1 Å². The monoisotopic (exact) mass is 324 g/mol. The number of aryl methyl sites for hydroxylation is 1. The quantitative estimate of drug-likeness (QED) is 0.700. The van der Waals surface area contributed by atoms with Crippen LogP contribution < -0.4 is 16.4 Å². The Kier molecular flexibility index (Phi) is 5.52. The maximum atomic E-state index is 12.1. The average molecular weight is 324 g/mol. The van der Waals surface area contributed by atoms with Gasteiger partial charge >= 0.3 is 0 Å². The third-order valence-electron chi connectivity index (χ3n) is 3.76. The Labute approximate surface area is 134 Å². The summed E-state index contributed by atoms with van der Waals surface area (Å²) in [5, 5.41) is 8.51. The van der Waals surface area contributed by atoms with Gasteiger partial charge in [0.15, 0.2) is 0 Å². The first kappa shape index (κ1) is 16.9. The smallest absolute Gasteiger partial charge is 0.239 e. The SMILES string of the molecule is Cc1csc(C(NC(=O)CNC(=O)[C@@H](N)C(C)C)C2CC2)n1. The number of carbonyl (C=O) groups excluding carboxylic acids is 2. The molecule has 1 unspecified atom stereocenters. The number of nitrogens with one attached hydrogen (secondary N) is 2. The van der Waals surface area contributed by atoms with Crippen LogP contribution in [0.1, 0.15) is 43.4 Å². The number of aromatic nitrogens is 1. The molecule has 1 fully saturated rings. The number of hydrogen-bond acceptors (Lipinski definition) is 5. The Balaban J connectivity index is 1.86. The molecule has 1 heterocycles. The summed E-state index contributed by atoms with van der Waals surface area (Å²) < 4.78 is 0. The van der Waals surface area contributed by atoms with E-state index in [0.717, 1.165) is 23.5 Å². The number of nitrogens with two attached hydrogens (primary N) is 1. The van der Waals surface area contributed by atoms with Gasteiger partial charge in [0.2, 0.25) is 11.8 Å². The summed E-state index contributed by atoms with van der Waals surface area (Å²) in [4.78, 5) is 28.3. The lowest BCUT2D eigenvalue weighted by atomic mass is 10.1. The highest BCUT2D eigenvalue weighted by atomic mass is 32.1. The van der Waals surface area contributed by atoms with E-state index in [0.29, 0.717) is 5.92 Å². The molecule has 4 N–H and O–H groups in total. The second-order valence-corrected chi connectivity index (χ2v) is 7.09. The Morgan fingerprint density at radius 1 is 1.45 bits per heavy atom. The summed E-state index contributed by atoms with van der Waals surface area (Å²) >= 11 is 1.57. The zero-order chi connectivity index (χ0) is 16.3. The van der Waals surface area contributed by atoms with Crippen molar-refractivity contribution in [2.24, 2.45) is 17.6 Å². The number of thiazole rings is 1. The van der Waals surface area contributed by atoms with Crippen molar-refractivity contribution in [3.8, 4) is 0 Å². The van der Waals surface area contributed by atoms with Gasteiger partial charge in [-0.05, 0) is 31.6 Å². The van der Waals surface area contributed by atoms with Gasteiger partial charge in [-0.25, -0.2) is 4.98 Å². The van der Waals surface area contributed by atoms with Crippen molar-refractivity contribution in [2.75, 3.05) is 6.54 Å². The number of amides is 2. The normalized spacial score (nSPS) is 17.1. The van der Waals surface area contributed by atoms with E-state index in [1.165, 1.54) is 0 Å². The second-order valence-electron chi connectivity index (χ2n) is 6.20. The summed E-state index contributed by atoms with van der Waals surface area (Å²) in [6.07, 6.45) is 2.21. The summed E-state index contributed by atoms with van der Waals surface area (Å²) in [6.45, 7) is 5.64. The second kappa shape index (κ2) is 7.19. The van der Waals surface area contributed by atoms with E-state index >= 15 is 0 Å². The van der Waals surface area contributed by atoms with Gasteiger partial charge in [-0.2, -0.15) is 0 Å². The largest absolute Gasteiger partial charge is 0.346 e. The minimum Gasteiger partial charge on any atom is -0.346 e. The molecular weight excluding hydrogens is 300 g/mol. The molecule has 6 nitrogen and oxygen atoms in total. The highest BCUT2D eigenvalue weighted by Gasteiger charge is 2.35. The molecule has 0 saturated heterocycles. The molecule has 1 saturated carbocycles. The molecule has 0 aliphatic heterocycles. The highest BCUT2D eigenvalue weighted by molar-refractivity contribution is 7.09. The molecule has 7 heteroatoms. The summed E-state index contributed by atoms with van der Waals surface area (Å²) in [5.74, 6) is 0.0102. The topological polar surface area (TPSA) is 97.1 Å². The first-order valence-corrected chi connectivity index (χ1v) is 8.51. The molecule has 2 rings (SSSR count). The number of nitrogens with zero attached hydrogens (tertiary/aromatic N) is 1. The fourth-order valence-corrected chi connectivity index (χ4v) is 3.08. The fraction of sp³-hybridized carbons (Fsp3) is 0.667. The lowest BCUT2D eigenvalue weighted by Crippen LogP contribution is -2.47. The Hall–Kier alpha value is -1.47. The molecule has 22 heavy (non-hydrogen) atoms. The zero-order valence-electron chi connectivity index (χ0n) is 13.3. The summed E-state index contributed by atoms with van der Waals surface area (Å²) in [7, 11) is 0. The van der Waals surface area contributed by atoms with E-state index < -0.39 is 6.04 Å². The Morgan fingerprint density at radius 3 is 2.64 bits per heavy atom. The van der Waals surface area contributed by atoms with Gasteiger partial charge in [0.25, 0.3) is 0 Å². The van der Waals surface area contributed by atoms with E-state index in [1.807, 2.05) is 26.2 Å². The predicted octanol–water partition coefficient (Wildman–Crippen LogP) is 1.12.